The Hall–Kier alpha value is -1.32. The number of nitrogens with zero attached hydrogens (tertiary/aromatic N) is 4. The second kappa shape index (κ2) is 6.57. The molecule has 0 spiro atoms. The van der Waals surface area contributed by atoms with Crippen LogP contribution in [0, 0.1) is 18.3 Å². The first-order chi connectivity index (χ1) is 8.81. The van der Waals surface area contributed by atoms with E-state index >= 15 is 0 Å². The van der Waals surface area contributed by atoms with Crippen LogP contribution in [0.15, 0.2) is 22.7 Å². The SMILES string of the molecule is Cc1nnc(SCCC#N)n1CCc1cccs1. The molecular weight excluding hydrogens is 264 g/mol. The molecule has 94 valence electrons. The van der Waals surface area contributed by atoms with Crippen molar-refractivity contribution in [1.82, 2.24) is 14.8 Å². The number of nitriles is 1. The zero-order valence-electron chi connectivity index (χ0n) is 10.2. The molecule has 0 aliphatic carbocycles. The molecule has 0 unspecified atom stereocenters. The smallest absolute Gasteiger partial charge is 0.191 e. The molecule has 6 heteroatoms. The second-order valence-corrected chi connectivity index (χ2v) is 5.86. The number of aromatic nitrogens is 3. The van der Waals surface area contributed by atoms with Crippen LogP contribution in [0.1, 0.15) is 17.1 Å². The number of aryl methyl sites for hydroxylation is 2. The lowest BCUT2D eigenvalue weighted by atomic mass is 10.3. The van der Waals surface area contributed by atoms with Crippen LogP contribution in [0.2, 0.25) is 0 Å². The molecule has 0 aliphatic rings. The first-order valence-corrected chi connectivity index (χ1v) is 7.59. The van der Waals surface area contributed by atoms with Crippen molar-refractivity contribution >= 4 is 23.1 Å². The van der Waals surface area contributed by atoms with E-state index in [1.54, 1.807) is 23.1 Å². The van der Waals surface area contributed by atoms with Gasteiger partial charge in [-0.1, -0.05) is 17.8 Å². The van der Waals surface area contributed by atoms with Gasteiger partial charge in [0.2, 0.25) is 0 Å². The summed E-state index contributed by atoms with van der Waals surface area (Å²) in [5.74, 6) is 1.71. The Bertz CT molecular complexity index is 525. The average molecular weight is 278 g/mol. The van der Waals surface area contributed by atoms with Crippen molar-refractivity contribution in [1.29, 1.82) is 5.26 Å². The molecule has 0 radical (unpaired) electrons. The van der Waals surface area contributed by atoms with Gasteiger partial charge in [0.25, 0.3) is 0 Å². The van der Waals surface area contributed by atoms with Gasteiger partial charge in [0.1, 0.15) is 5.82 Å². The monoisotopic (exact) mass is 278 g/mol. The van der Waals surface area contributed by atoms with E-state index < -0.39 is 0 Å². The van der Waals surface area contributed by atoms with Gasteiger partial charge in [-0.15, -0.1) is 21.5 Å². The van der Waals surface area contributed by atoms with Crippen molar-refractivity contribution in [2.45, 2.75) is 31.5 Å². The van der Waals surface area contributed by atoms with Gasteiger partial charge in [-0.2, -0.15) is 5.26 Å². The second-order valence-electron chi connectivity index (χ2n) is 3.77. The van der Waals surface area contributed by atoms with Gasteiger partial charge >= 0.3 is 0 Å². The van der Waals surface area contributed by atoms with Crippen LogP contribution in [-0.4, -0.2) is 20.5 Å². The molecule has 18 heavy (non-hydrogen) atoms. The molecule has 0 atom stereocenters. The summed E-state index contributed by atoms with van der Waals surface area (Å²) in [7, 11) is 0. The quantitative estimate of drug-likeness (QED) is 0.602. The van der Waals surface area contributed by atoms with E-state index in [0.29, 0.717) is 6.42 Å². The van der Waals surface area contributed by atoms with Crippen molar-refractivity contribution < 1.29 is 0 Å². The van der Waals surface area contributed by atoms with E-state index in [4.69, 9.17) is 5.26 Å². The van der Waals surface area contributed by atoms with E-state index in [1.807, 2.05) is 6.92 Å². The van der Waals surface area contributed by atoms with Crippen molar-refractivity contribution in [3.05, 3.63) is 28.2 Å². The zero-order valence-corrected chi connectivity index (χ0v) is 11.8. The Balaban J connectivity index is 1.98. The molecule has 0 aromatic carbocycles. The lowest BCUT2D eigenvalue weighted by Crippen LogP contribution is -2.04. The molecule has 2 heterocycles. The molecule has 0 saturated heterocycles. The Morgan fingerprint density at radius 2 is 2.39 bits per heavy atom. The number of hydrogen-bond acceptors (Lipinski definition) is 5. The Labute approximate surface area is 115 Å². The molecule has 0 aliphatic heterocycles. The summed E-state index contributed by atoms with van der Waals surface area (Å²) in [4.78, 5) is 1.37. The lowest BCUT2D eigenvalue weighted by molar-refractivity contribution is 0.621. The Morgan fingerprint density at radius 3 is 3.11 bits per heavy atom. The standard InChI is InChI=1S/C12H14N4S2/c1-10-14-15-12(18-9-3-6-13)16(10)7-5-11-4-2-8-17-11/h2,4,8H,3,5,7,9H2,1H3. The maximum atomic E-state index is 8.54. The molecular formula is C12H14N4S2. The van der Waals surface area contributed by atoms with E-state index in [9.17, 15) is 0 Å². The third-order valence-electron chi connectivity index (χ3n) is 2.51. The Morgan fingerprint density at radius 1 is 1.50 bits per heavy atom. The topological polar surface area (TPSA) is 54.5 Å². The first kappa shape index (κ1) is 13.1. The van der Waals surface area contributed by atoms with Crippen LogP contribution >= 0.6 is 23.1 Å². The summed E-state index contributed by atoms with van der Waals surface area (Å²) >= 11 is 3.37. The van der Waals surface area contributed by atoms with Crippen molar-refractivity contribution in [2.24, 2.45) is 0 Å². The van der Waals surface area contributed by atoms with Crippen LogP contribution in [0.4, 0.5) is 0 Å². The highest BCUT2D eigenvalue weighted by Crippen LogP contribution is 2.19. The van der Waals surface area contributed by atoms with Crippen molar-refractivity contribution in [2.75, 3.05) is 5.75 Å². The predicted molar refractivity (Wildman–Crippen MR) is 73.7 cm³/mol. The predicted octanol–water partition coefficient (Wildman–Crippen LogP) is 2.90. The Kier molecular flexibility index (Phi) is 4.79. The maximum absolute atomic E-state index is 8.54. The van der Waals surface area contributed by atoms with Gasteiger partial charge in [0, 0.05) is 23.6 Å². The van der Waals surface area contributed by atoms with E-state index in [0.717, 1.165) is 29.7 Å². The summed E-state index contributed by atoms with van der Waals surface area (Å²) in [6, 6.07) is 6.36. The number of thioether (sulfide) groups is 1. The third-order valence-corrected chi connectivity index (χ3v) is 4.41. The van der Waals surface area contributed by atoms with Crippen LogP contribution in [0.25, 0.3) is 0 Å². The third kappa shape index (κ3) is 3.34. The van der Waals surface area contributed by atoms with Crippen molar-refractivity contribution in [3.63, 3.8) is 0 Å². The van der Waals surface area contributed by atoms with Crippen LogP contribution in [0.3, 0.4) is 0 Å². The summed E-state index contributed by atoms with van der Waals surface area (Å²) in [6.45, 7) is 2.87. The fraction of sp³-hybridized carbons (Fsp3) is 0.417. The summed E-state index contributed by atoms with van der Waals surface area (Å²) < 4.78 is 2.13. The van der Waals surface area contributed by atoms with Crippen LogP contribution in [-0.2, 0) is 13.0 Å². The molecule has 2 rings (SSSR count). The fourth-order valence-corrected chi connectivity index (χ4v) is 3.14. The minimum Gasteiger partial charge on any atom is -0.306 e. The molecule has 2 aromatic heterocycles. The van der Waals surface area contributed by atoms with Gasteiger partial charge in [0.15, 0.2) is 5.16 Å². The largest absolute Gasteiger partial charge is 0.306 e. The number of hydrogen-bond donors (Lipinski definition) is 0. The molecule has 4 nitrogen and oxygen atoms in total. The number of rotatable bonds is 6. The van der Waals surface area contributed by atoms with E-state index in [-0.39, 0.29) is 0 Å². The molecule has 0 N–H and O–H groups in total. The molecule has 2 aromatic rings. The number of thiophene rings is 1. The average Bonchev–Trinajstić information content (AvgIpc) is 2.98. The summed E-state index contributed by atoms with van der Waals surface area (Å²) in [5, 5.41) is 19.8. The van der Waals surface area contributed by atoms with Gasteiger partial charge < -0.3 is 4.57 Å². The molecule has 0 bridgehead atoms. The minimum atomic E-state index is 0.543. The highest BCUT2D eigenvalue weighted by Gasteiger charge is 2.09. The summed E-state index contributed by atoms with van der Waals surface area (Å²) in [6.07, 6.45) is 1.55. The maximum Gasteiger partial charge on any atom is 0.191 e. The van der Waals surface area contributed by atoms with Crippen LogP contribution < -0.4 is 0 Å². The minimum absolute atomic E-state index is 0.543. The van der Waals surface area contributed by atoms with Gasteiger partial charge in [0.05, 0.1) is 6.07 Å². The molecule has 0 fully saturated rings. The fourth-order valence-electron chi connectivity index (χ4n) is 1.59. The van der Waals surface area contributed by atoms with Gasteiger partial charge in [-0.05, 0) is 24.8 Å². The van der Waals surface area contributed by atoms with Gasteiger partial charge in [-0.25, -0.2) is 0 Å². The molecule has 0 amide bonds. The normalized spacial score (nSPS) is 10.4. The highest BCUT2D eigenvalue weighted by molar-refractivity contribution is 7.99. The van der Waals surface area contributed by atoms with E-state index in [1.165, 1.54) is 4.88 Å². The van der Waals surface area contributed by atoms with Crippen molar-refractivity contribution in [3.8, 4) is 6.07 Å². The van der Waals surface area contributed by atoms with Crippen LogP contribution in [0.5, 0.6) is 0 Å². The van der Waals surface area contributed by atoms with Gasteiger partial charge in [-0.3, -0.25) is 0 Å². The first-order valence-electron chi connectivity index (χ1n) is 5.73. The summed E-state index contributed by atoms with van der Waals surface area (Å²) in [5.41, 5.74) is 0. The lowest BCUT2D eigenvalue weighted by Gasteiger charge is -2.06. The zero-order chi connectivity index (χ0) is 12.8. The van der Waals surface area contributed by atoms with E-state index in [2.05, 4.69) is 38.3 Å². The molecule has 0 saturated carbocycles. The highest BCUT2D eigenvalue weighted by atomic mass is 32.2.